The first kappa shape index (κ1) is 16.3. The highest BCUT2D eigenvalue weighted by Gasteiger charge is 2.26. The van der Waals surface area contributed by atoms with Gasteiger partial charge in [0.2, 0.25) is 0 Å². The number of nitrogens with zero attached hydrogens (tertiary/aromatic N) is 2. The van der Waals surface area contributed by atoms with Crippen molar-refractivity contribution in [2.24, 2.45) is 0 Å². The second-order valence-electron chi connectivity index (χ2n) is 6.79. The van der Waals surface area contributed by atoms with Crippen molar-refractivity contribution in [2.75, 3.05) is 13.2 Å². The van der Waals surface area contributed by atoms with Crippen molar-refractivity contribution in [3.8, 4) is 11.4 Å². The van der Waals surface area contributed by atoms with Gasteiger partial charge in [0.1, 0.15) is 12.4 Å². The number of ether oxygens (including phenoxy) is 2. The lowest BCUT2D eigenvalue weighted by atomic mass is 10.1. The largest absolute Gasteiger partial charge is 0.458 e. The molecule has 1 aromatic carbocycles. The molecule has 1 aromatic heterocycles. The molecule has 0 amide bonds. The summed E-state index contributed by atoms with van der Waals surface area (Å²) in [5.74, 6) is 0.560. The van der Waals surface area contributed by atoms with Crippen LogP contribution < -0.4 is 0 Å². The first-order valence-electron chi connectivity index (χ1n) is 9.26. The topological polar surface area (TPSA) is 53.4 Å². The van der Waals surface area contributed by atoms with E-state index in [1.54, 1.807) is 0 Å². The van der Waals surface area contributed by atoms with E-state index in [9.17, 15) is 4.79 Å². The van der Waals surface area contributed by atoms with E-state index in [2.05, 4.69) is 4.57 Å². The zero-order chi connectivity index (χ0) is 17.1. The zero-order valence-corrected chi connectivity index (χ0v) is 14.4. The van der Waals surface area contributed by atoms with Crippen LogP contribution in [0.1, 0.15) is 48.3 Å². The molecule has 0 spiro atoms. The molecule has 0 unspecified atom stereocenters. The van der Waals surface area contributed by atoms with Gasteiger partial charge in [-0.2, -0.15) is 0 Å². The molecule has 0 aliphatic carbocycles. The van der Waals surface area contributed by atoms with Crippen molar-refractivity contribution in [3.63, 3.8) is 0 Å². The lowest BCUT2D eigenvalue weighted by Gasteiger charge is -2.10. The summed E-state index contributed by atoms with van der Waals surface area (Å²) in [6, 6.07) is 10.1. The van der Waals surface area contributed by atoms with Gasteiger partial charge >= 0.3 is 5.97 Å². The van der Waals surface area contributed by atoms with Gasteiger partial charge in [-0.1, -0.05) is 36.8 Å². The van der Waals surface area contributed by atoms with Crippen LogP contribution in [0.3, 0.4) is 0 Å². The van der Waals surface area contributed by atoms with E-state index < -0.39 is 0 Å². The normalized spacial score (nSPS) is 20.1. The number of esters is 1. The van der Waals surface area contributed by atoms with Crippen LogP contribution in [0.4, 0.5) is 0 Å². The minimum Gasteiger partial charge on any atom is -0.458 e. The van der Waals surface area contributed by atoms with Crippen LogP contribution in [-0.2, 0) is 22.4 Å². The van der Waals surface area contributed by atoms with Gasteiger partial charge in [0.05, 0.1) is 11.8 Å². The van der Waals surface area contributed by atoms with Crippen molar-refractivity contribution < 1.29 is 14.3 Å². The smallest absolute Gasteiger partial charge is 0.358 e. The van der Waals surface area contributed by atoms with E-state index in [-0.39, 0.29) is 12.1 Å². The van der Waals surface area contributed by atoms with Crippen molar-refractivity contribution in [1.82, 2.24) is 9.55 Å². The van der Waals surface area contributed by atoms with Gasteiger partial charge in [-0.3, -0.25) is 0 Å². The molecule has 3 heterocycles. The van der Waals surface area contributed by atoms with Gasteiger partial charge in [0, 0.05) is 18.7 Å². The van der Waals surface area contributed by atoms with Gasteiger partial charge in [-0.05, 0) is 32.1 Å². The number of benzene rings is 1. The predicted octanol–water partition coefficient (Wildman–Crippen LogP) is 3.61. The Bertz CT molecular complexity index is 733. The molecule has 5 nitrogen and oxygen atoms in total. The number of carbonyl (C=O) groups excluding carboxylic acids is 1. The summed E-state index contributed by atoms with van der Waals surface area (Å²) >= 11 is 0. The summed E-state index contributed by atoms with van der Waals surface area (Å²) in [4.78, 5) is 17.4. The number of rotatable bonds is 4. The highest BCUT2D eigenvalue weighted by atomic mass is 16.6. The molecule has 0 saturated carbocycles. The molecule has 1 saturated heterocycles. The number of hydrogen-bond acceptors (Lipinski definition) is 4. The molecule has 2 aliphatic heterocycles. The molecule has 2 aliphatic rings. The summed E-state index contributed by atoms with van der Waals surface area (Å²) in [6.07, 6.45) is 6.31. The summed E-state index contributed by atoms with van der Waals surface area (Å²) in [5.41, 5.74) is 2.55. The average molecular weight is 340 g/mol. The van der Waals surface area contributed by atoms with Crippen LogP contribution in [0.2, 0.25) is 0 Å². The van der Waals surface area contributed by atoms with E-state index in [1.807, 2.05) is 30.3 Å². The summed E-state index contributed by atoms with van der Waals surface area (Å²) in [7, 11) is 0. The lowest BCUT2D eigenvalue weighted by Crippen LogP contribution is -2.19. The monoisotopic (exact) mass is 340 g/mol. The fourth-order valence-corrected chi connectivity index (χ4v) is 3.70. The summed E-state index contributed by atoms with van der Waals surface area (Å²) < 4.78 is 13.3. The number of fused-ring (bicyclic) bond motifs is 1. The average Bonchev–Trinajstić information content (AvgIpc) is 3.23. The number of carbonyl (C=O) groups is 1. The Hall–Kier alpha value is -2.14. The van der Waals surface area contributed by atoms with Crippen LogP contribution in [0.15, 0.2) is 30.3 Å². The number of hydrogen-bond donors (Lipinski definition) is 0. The fourth-order valence-electron chi connectivity index (χ4n) is 3.70. The first-order chi connectivity index (χ1) is 12.3. The highest BCUT2D eigenvalue weighted by molar-refractivity contribution is 5.89. The van der Waals surface area contributed by atoms with E-state index in [1.165, 1.54) is 6.42 Å². The van der Waals surface area contributed by atoms with Crippen molar-refractivity contribution in [1.29, 1.82) is 0 Å². The molecule has 5 heteroatoms. The maximum atomic E-state index is 12.7. The summed E-state index contributed by atoms with van der Waals surface area (Å²) in [6.45, 7) is 2.00. The van der Waals surface area contributed by atoms with E-state index in [0.717, 1.165) is 62.3 Å². The molecular weight excluding hydrogens is 316 g/mol. The van der Waals surface area contributed by atoms with Gasteiger partial charge in [-0.15, -0.1) is 0 Å². The third-order valence-corrected chi connectivity index (χ3v) is 5.02. The maximum Gasteiger partial charge on any atom is 0.358 e. The molecule has 25 heavy (non-hydrogen) atoms. The third-order valence-electron chi connectivity index (χ3n) is 5.02. The zero-order valence-electron chi connectivity index (χ0n) is 14.4. The molecule has 0 radical (unpaired) electrons. The Balaban J connectivity index is 1.62. The molecule has 1 atom stereocenters. The van der Waals surface area contributed by atoms with E-state index in [4.69, 9.17) is 14.5 Å². The van der Waals surface area contributed by atoms with Crippen LogP contribution in [-0.4, -0.2) is 34.8 Å². The van der Waals surface area contributed by atoms with Gasteiger partial charge in [0.15, 0.2) is 5.69 Å². The molecule has 2 aromatic rings. The highest BCUT2D eigenvalue weighted by Crippen LogP contribution is 2.27. The van der Waals surface area contributed by atoms with Crippen molar-refractivity contribution >= 4 is 5.97 Å². The summed E-state index contributed by atoms with van der Waals surface area (Å²) in [5, 5.41) is 0. The molecule has 0 bridgehead atoms. The van der Waals surface area contributed by atoms with Gasteiger partial charge in [0.25, 0.3) is 0 Å². The first-order valence-corrected chi connectivity index (χ1v) is 9.26. The van der Waals surface area contributed by atoms with Gasteiger partial charge in [-0.25, -0.2) is 9.78 Å². The standard InChI is InChI=1S/C20H24N2O3/c23-20(25-14-16-10-7-13-24-16)18-17-11-5-2-6-12-22(17)19(21-18)15-8-3-1-4-9-15/h1,3-4,8-9,16H,2,5-7,10-14H2/t16-/m0/s1. The Morgan fingerprint density at radius 3 is 2.88 bits per heavy atom. The molecule has 1 fully saturated rings. The second kappa shape index (κ2) is 7.40. The molecular formula is C20H24N2O3. The lowest BCUT2D eigenvalue weighted by molar-refractivity contribution is 0.0156. The molecule has 4 rings (SSSR count). The van der Waals surface area contributed by atoms with E-state index >= 15 is 0 Å². The van der Waals surface area contributed by atoms with Crippen molar-refractivity contribution in [3.05, 3.63) is 41.7 Å². The Morgan fingerprint density at radius 1 is 1.20 bits per heavy atom. The van der Waals surface area contributed by atoms with Crippen LogP contribution in [0, 0.1) is 0 Å². The Kier molecular flexibility index (Phi) is 4.83. The Labute approximate surface area is 148 Å². The number of aromatic nitrogens is 2. The molecule has 132 valence electrons. The fraction of sp³-hybridized carbons (Fsp3) is 0.500. The quantitative estimate of drug-likeness (QED) is 0.798. The second-order valence-corrected chi connectivity index (χ2v) is 6.79. The van der Waals surface area contributed by atoms with Gasteiger partial charge < -0.3 is 14.0 Å². The number of imidazole rings is 1. The van der Waals surface area contributed by atoms with Crippen LogP contribution >= 0.6 is 0 Å². The SMILES string of the molecule is O=C(OC[C@@H]1CCCO1)c1nc(-c2ccccc2)n2c1CCCCC2. The minimum absolute atomic E-state index is 0.0405. The van der Waals surface area contributed by atoms with Crippen LogP contribution in [0.25, 0.3) is 11.4 Å². The minimum atomic E-state index is -0.316. The predicted molar refractivity (Wildman–Crippen MR) is 94.5 cm³/mol. The van der Waals surface area contributed by atoms with Crippen molar-refractivity contribution in [2.45, 2.75) is 51.2 Å². The molecule has 0 N–H and O–H groups in total. The van der Waals surface area contributed by atoms with Crippen LogP contribution in [0.5, 0.6) is 0 Å². The Morgan fingerprint density at radius 2 is 2.08 bits per heavy atom. The third kappa shape index (κ3) is 3.47. The van der Waals surface area contributed by atoms with E-state index in [0.29, 0.717) is 12.3 Å². The maximum absolute atomic E-state index is 12.7.